The number of halogens is 1. The summed E-state index contributed by atoms with van der Waals surface area (Å²) in [5.74, 6) is 2.46. The van der Waals surface area contributed by atoms with Gasteiger partial charge in [0.1, 0.15) is 18.1 Å². The quantitative estimate of drug-likeness (QED) is 0.259. The fraction of sp³-hybridized carbons (Fsp3) is 0.286. The van der Waals surface area contributed by atoms with Gasteiger partial charge in [0.25, 0.3) is 0 Å². The molecule has 0 heterocycles. The molecular weight excluding hydrogens is 453 g/mol. The van der Waals surface area contributed by atoms with Crippen LogP contribution in [-0.4, -0.2) is 26.7 Å². The lowest BCUT2D eigenvalue weighted by atomic mass is 10.1. The molecule has 2 rings (SSSR count). The van der Waals surface area contributed by atoms with Crippen molar-refractivity contribution in [3.8, 4) is 11.5 Å². The van der Waals surface area contributed by atoms with Gasteiger partial charge >= 0.3 is 0 Å². The molecule has 0 aliphatic heterocycles. The second-order valence-corrected chi connectivity index (χ2v) is 5.79. The van der Waals surface area contributed by atoms with Gasteiger partial charge in [0.05, 0.1) is 7.11 Å². The molecule has 2 N–H and O–H groups in total. The molecule has 0 unspecified atom stereocenters. The van der Waals surface area contributed by atoms with Gasteiger partial charge in [-0.2, -0.15) is 0 Å². The van der Waals surface area contributed by atoms with Crippen molar-refractivity contribution in [2.75, 3.05) is 20.8 Å². The Morgan fingerprint density at radius 2 is 1.85 bits per heavy atom. The van der Waals surface area contributed by atoms with Gasteiger partial charge < -0.3 is 20.1 Å². The van der Waals surface area contributed by atoms with Crippen LogP contribution in [0.3, 0.4) is 0 Å². The largest absolute Gasteiger partial charge is 0.496 e. The molecule has 0 amide bonds. The van der Waals surface area contributed by atoms with E-state index in [2.05, 4.69) is 34.3 Å². The SMILES string of the molecule is C=CCOc1ccccc1CNC(=NC)NCc1ccc(C)c(OC)c1.I. The van der Waals surface area contributed by atoms with Crippen molar-refractivity contribution in [1.29, 1.82) is 0 Å². The Bertz CT molecular complexity index is 763. The lowest BCUT2D eigenvalue weighted by Gasteiger charge is -2.15. The highest BCUT2D eigenvalue weighted by molar-refractivity contribution is 14.0. The van der Waals surface area contributed by atoms with E-state index in [4.69, 9.17) is 9.47 Å². The number of rotatable bonds is 8. The number of nitrogens with one attached hydrogen (secondary N) is 2. The summed E-state index contributed by atoms with van der Waals surface area (Å²) >= 11 is 0. The Morgan fingerprint density at radius 1 is 1.11 bits per heavy atom. The number of ether oxygens (including phenoxy) is 2. The maximum absolute atomic E-state index is 5.69. The highest BCUT2D eigenvalue weighted by atomic mass is 127. The van der Waals surface area contributed by atoms with Crippen LogP contribution in [0.1, 0.15) is 16.7 Å². The van der Waals surface area contributed by atoms with Gasteiger partial charge in [-0.05, 0) is 30.2 Å². The average molecular weight is 481 g/mol. The first kappa shape index (κ1) is 22.8. The van der Waals surface area contributed by atoms with Gasteiger partial charge in [-0.3, -0.25) is 4.99 Å². The molecule has 0 saturated carbocycles. The van der Waals surface area contributed by atoms with Crippen molar-refractivity contribution in [1.82, 2.24) is 10.6 Å². The average Bonchev–Trinajstić information content (AvgIpc) is 2.68. The predicted molar refractivity (Wildman–Crippen MR) is 122 cm³/mol. The zero-order chi connectivity index (χ0) is 18.8. The van der Waals surface area contributed by atoms with E-state index in [-0.39, 0.29) is 24.0 Å². The van der Waals surface area contributed by atoms with Crippen LogP contribution in [0.15, 0.2) is 60.1 Å². The molecule has 0 bridgehead atoms. The van der Waals surface area contributed by atoms with Gasteiger partial charge in [-0.25, -0.2) is 0 Å². The fourth-order valence-electron chi connectivity index (χ4n) is 2.50. The van der Waals surface area contributed by atoms with Gasteiger partial charge in [-0.1, -0.05) is 43.0 Å². The highest BCUT2D eigenvalue weighted by Gasteiger charge is 2.05. The minimum absolute atomic E-state index is 0. The van der Waals surface area contributed by atoms with Gasteiger partial charge in [0, 0.05) is 25.7 Å². The van der Waals surface area contributed by atoms with Crippen molar-refractivity contribution in [2.45, 2.75) is 20.0 Å². The van der Waals surface area contributed by atoms with Crippen LogP contribution in [-0.2, 0) is 13.1 Å². The lowest BCUT2D eigenvalue weighted by Crippen LogP contribution is -2.36. The third kappa shape index (κ3) is 7.13. The summed E-state index contributed by atoms with van der Waals surface area (Å²) in [6, 6.07) is 14.1. The molecule has 6 heteroatoms. The molecule has 0 radical (unpaired) electrons. The van der Waals surface area contributed by atoms with Crippen molar-refractivity contribution in [2.24, 2.45) is 4.99 Å². The van der Waals surface area contributed by atoms with E-state index in [9.17, 15) is 0 Å². The summed E-state index contributed by atoms with van der Waals surface area (Å²) < 4.78 is 11.1. The summed E-state index contributed by atoms with van der Waals surface area (Å²) in [5.41, 5.74) is 3.31. The normalized spacial score (nSPS) is 10.6. The van der Waals surface area contributed by atoms with E-state index in [1.807, 2.05) is 37.3 Å². The Hall–Kier alpha value is -2.22. The highest BCUT2D eigenvalue weighted by Crippen LogP contribution is 2.19. The fourth-order valence-corrected chi connectivity index (χ4v) is 2.50. The lowest BCUT2D eigenvalue weighted by molar-refractivity contribution is 0.358. The number of hydrogen-bond acceptors (Lipinski definition) is 3. The number of guanidine groups is 1. The number of benzene rings is 2. The molecule has 0 aromatic heterocycles. The van der Waals surface area contributed by atoms with E-state index in [1.165, 1.54) is 0 Å². The second kappa shape index (κ2) is 12.2. The van der Waals surface area contributed by atoms with Crippen LogP contribution in [0.5, 0.6) is 11.5 Å². The Balaban J connectivity index is 0.00000364. The predicted octanol–water partition coefficient (Wildman–Crippen LogP) is 4.05. The topological polar surface area (TPSA) is 54.9 Å². The summed E-state index contributed by atoms with van der Waals surface area (Å²) in [5, 5.41) is 6.63. The number of nitrogens with zero attached hydrogens (tertiary/aromatic N) is 1. The maximum Gasteiger partial charge on any atom is 0.191 e. The second-order valence-electron chi connectivity index (χ2n) is 5.79. The Labute approximate surface area is 178 Å². The van der Waals surface area contributed by atoms with Crippen LogP contribution in [0.4, 0.5) is 0 Å². The molecule has 2 aromatic carbocycles. The standard InChI is InChI=1S/C21H27N3O2.HI/c1-5-12-26-19-9-7-6-8-18(19)15-24-21(22-3)23-14-17-11-10-16(2)20(13-17)25-4;/h5-11,13H,1,12,14-15H2,2-4H3,(H2,22,23,24);1H. The molecule has 0 fully saturated rings. The molecule has 0 aliphatic carbocycles. The molecule has 27 heavy (non-hydrogen) atoms. The molecular formula is C21H28IN3O2. The summed E-state index contributed by atoms with van der Waals surface area (Å²) in [6.45, 7) is 7.47. The number of aliphatic imine (C=N–C) groups is 1. The molecule has 2 aromatic rings. The maximum atomic E-state index is 5.69. The van der Waals surface area contributed by atoms with E-state index < -0.39 is 0 Å². The number of para-hydroxylation sites is 1. The van der Waals surface area contributed by atoms with Crippen molar-refractivity contribution >= 4 is 29.9 Å². The van der Waals surface area contributed by atoms with Crippen LogP contribution in [0.2, 0.25) is 0 Å². The molecule has 0 saturated heterocycles. The Kier molecular flexibility index (Phi) is 10.3. The third-order valence-corrected chi connectivity index (χ3v) is 3.93. The number of aryl methyl sites for hydroxylation is 1. The first-order valence-corrected chi connectivity index (χ1v) is 8.57. The molecule has 5 nitrogen and oxygen atoms in total. The first-order chi connectivity index (χ1) is 12.7. The van der Waals surface area contributed by atoms with Crippen LogP contribution in [0.25, 0.3) is 0 Å². The van der Waals surface area contributed by atoms with Crippen LogP contribution >= 0.6 is 24.0 Å². The van der Waals surface area contributed by atoms with E-state index >= 15 is 0 Å². The van der Waals surface area contributed by atoms with Crippen LogP contribution < -0.4 is 20.1 Å². The Morgan fingerprint density at radius 3 is 2.56 bits per heavy atom. The summed E-state index contributed by atoms with van der Waals surface area (Å²) in [6.07, 6.45) is 1.74. The molecule has 0 spiro atoms. The minimum atomic E-state index is 0. The molecule has 0 atom stereocenters. The van der Waals surface area contributed by atoms with E-state index in [1.54, 1.807) is 20.2 Å². The van der Waals surface area contributed by atoms with E-state index in [0.717, 1.165) is 34.1 Å². The zero-order valence-electron chi connectivity index (χ0n) is 16.1. The van der Waals surface area contributed by atoms with E-state index in [0.29, 0.717) is 19.7 Å². The molecule has 0 aliphatic rings. The van der Waals surface area contributed by atoms with Gasteiger partial charge in [0.15, 0.2) is 5.96 Å². The van der Waals surface area contributed by atoms with Crippen molar-refractivity contribution in [3.63, 3.8) is 0 Å². The number of hydrogen-bond donors (Lipinski definition) is 2. The minimum Gasteiger partial charge on any atom is -0.496 e. The zero-order valence-corrected chi connectivity index (χ0v) is 18.4. The summed E-state index contributed by atoms with van der Waals surface area (Å²) in [4.78, 5) is 4.28. The van der Waals surface area contributed by atoms with Crippen LogP contribution in [0, 0.1) is 6.92 Å². The monoisotopic (exact) mass is 481 g/mol. The van der Waals surface area contributed by atoms with Gasteiger partial charge in [-0.15, -0.1) is 24.0 Å². The van der Waals surface area contributed by atoms with Crippen molar-refractivity contribution in [3.05, 3.63) is 71.8 Å². The van der Waals surface area contributed by atoms with Gasteiger partial charge in [0.2, 0.25) is 0 Å². The smallest absolute Gasteiger partial charge is 0.191 e. The number of methoxy groups -OCH3 is 1. The van der Waals surface area contributed by atoms with Crippen molar-refractivity contribution < 1.29 is 9.47 Å². The summed E-state index contributed by atoms with van der Waals surface area (Å²) in [7, 11) is 3.44. The first-order valence-electron chi connectivity index (χ1n) is 8.57. The third-order valence-electron chi connectivity index (χ3n) is 3.93. The molecule has 146 valence electrons.